The number of aromatic nitrogens is 3. The molecule has 0 unspecified atom stereocenters. The van der Waals surface area contributed by atoms with Crippen LogP contribution < -0.4 is 5.69 Å². The van der Waals surface area contributed by atoms with Crippen LogP contribution in [0.2, 0.25) is 0 Å². The predicted molar refractivity (Wildman–Crippen MR) is 80.5 cm³/mol. The number of benzene rings is 1. The number of rotatable bonds is 6. The van der Waals surface area contributed by atoms with Crippen LogP contribution in [-0.2, 0) is 17.0 Å². The molecule has 0 aliphatic rings. The Labute approximate surface area is 126 Å². The maximum atomic E-state index is 11.6. The van der Waals surface area contributed by atoms with Crippen molar-refractivity contribution in [3.8, 4) is 0 Å². The maximum absolute atomic E-state index is 11.6. The van der Waals surface area contributed by atoms with Gasteiger partial charge in [0.1, 0.15) is 0 Å². The summed E-state index contributed by atoms with van der Waals surface area (Å²) in [5, 5.41) is 7.14. The zero-order chi connectivity index (χ0) is 15.2. The Morgan fingerprint density at radius 3 is 3.00 bits per heavy atom. The van der Waals surface area contributed by atoms with Gasteiger partial charge in [0, 0.05) is 12.3 Å². The second-order valence-corrected chi connectivity index (χ2v) is 5.39. The van der Waals surface area contributed by atoms with Gasteiger partial charge in [0.25, 0.3) is 0 Å². The minimum Gasteiger partial charge on any atom is -0.465 e. The number of carbonyl (C=O) groups is 1. The minimum absolute atomic E-state index is 0.192. The van der Waals surface area contributed by atoms with E-state index in [4.69, 9.17) is 4.74 Å². The Bertz CT molecular complexity index is 678. The fourth-order valence-electron chi connectivity index (χ4n) is 1.89. The van der Waals surface area contributed by atoms with Crippen LogP contribution in [0.1, 0.15) is 29.3 Å². The average Bonchev–Trinajstić information content (AvgIpc) is 2.86. The van der Waals surface area contributed by atoms with Gasteiger partial charge in [-0.05, 0) is 24.1 Å². The lowest BCUT2D eigenvalue weighted by molar-refractivity contribution is 0.0600. The highest BCUT2D eigenvalue weighted by Crippen LogP contribution is 2.20. The smallest absolute Gasteiger partial charge is 0.343 e. The molecule has 0 bridgehead atoms. The van der Waals surface area contributed by atoms with Crippen molar-refractivity contribution in [3.05, 3.63) is 45.9 Å². The lowest BCUT2D eigenvalue weighted by atomic mass is 10.1. The first kappa shape index (κ1) is 15.4. The lowest BCUT2D eigenvalue weighted by Crippen LogP contribution is -2.17. The quantitative estimate of drug-likeness (QED) is 0.653. The van der Waals surface area contributed by atoms with Gasteiger partial charge in [-0.15, -0.1) is 5.10 Å². The van der Waals surface area contributed by atoms with Crippen molar-refractivity contribution in [3.63, 3.8) is 0 Å². The van der Waals surface area contributed by atoms with Crippen molar-refractivity contribution in [1.82, 2.24) is 14.8 Å². The number of H-pyrrole nitrogens is 1. The maximum Gasteiger partial charge on any atom is 0.343 e. The van der Waals surface area contributed by atoms with Crippen molar-refractivity contribution in [1.29, 1.82) is 0 Å². The zero-order valence-electron chi connectivity index (χ0n) is 12.0. The molecule has 0 aliphatic carbocycles. The molecule has 112 valence electrons. The summed E-state index contributed by atoms with van der Waals surface area (Å²) in [5.74, 6) is 0.267. The third kappa shape index (κ3) is 3.75. The van der Waals surface area contributed by atoms with Crippen LogP contribution in [0.4, 0.5) is 0 Å². The zero-order valence-corrected chi connectivity index (χ0v) is 12.8. The van der Waals surface area contributed by atoms with Crippen LogP contribution >= 0.6 is 11.8 Å². The van der Waals surface area contributed by atoms with Crippen LogP contribution in [0.3, 0.4) is 0 Å². The van der Waals surface area contributed by atoms with Gasteiger partial charge in [-0.2, -0.15) is 0 Å². The number of hydrogen-bond acceptors (Lipinski definition) is 5. The Kier molecular flexibility index (Phi) is 5.21. The van der Waals surface area contributed by atoms with Gasteiger partial charge >= 0.3 is 11.7 Å². The fraction of sp³-hybridized carbons (Fsp3) is 0.357. The highest BCUT2D eigenvalue weighted by molar-refractivity contribution is 7.98. The lowest BCUT2D eigenvalue weighted by Gasteiger charge is -2.05. The van der Waals surface area contributed by atoms with Crippen molar-refractivity contribution in [2.75, 3.05) is 7.11 Å². The summed E-state index contributed by atoms with van der Waals surface area (Å²) in [4.78, 5) is 23.1. The topological polar surface area (TPSA) is 77.0 Å². The van der Waals surface area contributed by atoms with Crippen molar-refractivity contribution in [2.45, 2.75) is 30.8 Å². The molecule has 0 fully saturated rings. The van der Waals surface area contributed by atoms with Gasteiger partial charge in [-0.3, -0.25) is 4.57 Å². The number of esters is 1. The molecule has 21 heavy (non-hydrogen) atoms. The first-order valence-corrected chi connectivity index (χ1v) is 7.59. The number of ether oxygens (including phenoxy) is 1. The summed E-state index contributed by atoms with van der Waals surface area (Å²) in [5.41, 5.74) is 1.30. The number of nitrogens with one attached hydrogen (secondary N) is 1. The van der Waals surface area contributed by atoms with Gasteiger partial charge in [0.15, 0.2) is 5.16 Å². The van der Waals surface area contributed by atoms with Crippen LogP contribution in [0.15, 0.2) is 34.2 Å². The van der Waals surface area contributed by atoms with Crippen LogP contribution in [0.5, 0.6) is 0 Å². The molecular weight excluding hydrogens is 290 g/mol. The Morgan fingerprint density at radius 1 is 1.48 bits per heavy atom. The largest absolute Gasteiger partial charge is 0.465 e. The van der Waals surface area contributed by atoms with E-state index >= 15 is 0 Å². The second-order valence-electron chi connectivity index (χ2n) is 4.44. The van der Waals surface area contributed by atoms with Gasteiger partial charge in [0.2, 0.25) is 0 Å². The van der Waals surface area contributed by atoms with E-state index in [0.29, 0.717) is 23.0 Å². The summed E-state index contributed by atoms with van der Waals surface area (Å²) in [7, 11) is 1.36. The first-order chi connectivity index (χ1) is 10.2. The standard InChI is InChI=1S/C14H17N3O3S/c1-3-7-17-13(19)15-16-14(17)21-9-10-5-4-6-11(8-10)12(18)20-2/h4-6,8H,3,7,9H2,1-2H3,(H,15,19). The van der Waals surface area contributed by atoms with Gasteiger partial charge < -0.3 is 4.74 Å². The molecule has 0 saturated heterocycles. The molecular formula is C14H17N3O3S. The summed E-state index contributed by atoms with van der Waals surface area (Å²) >= 11 is 1.46. The predicted octanol–water partition coefficient (Wildman–Crippen LogP) is 2.06. The Hall–Kier alpha value is -2.02. The number of carbonyl (C=O) groups excluding carboxylic acids is 1. The van der Waals surface area contributed by atoms with E-state index in [2.05, 4.69) is 10.2 Å². The number of aromatic amines is 1. The highest BCUT2D eigenvalue weighted by Gasteiger charge is 2.10. The molecule has 1 heterocycles. The molecule has 7 heteroatoms. The third-order valence-electron chi connectivity index (χ3n) is 2.89. The molecule has 1 N–H and O–H groups in total. The molecule has 1 aromatic heterocycles. The summed E-state index contributed by atoms with van der Waals surface area (Å²) < 4.78 is 6.32. The van der Waals surface area contributed by atoms with Crippen molar-refractivity contribution >= 4 is 17.7 Å². The molecule has 1 aromatic carbocycles. The average molecular weight is 307 g/mol. The first-order valence-electron chi connectivity index (χ1n) is 6.61. The summed E-state index contributed by atoms with van der Waals surface area (Å²) in [6.07, 6.45) is 0.866. The molecule has 0 saturated carbocycles. The van der Waals surface area contributed by atoms with Crippen LogP contribution in [-0.4, -0.2) is 27.8 Å². The molecule has 6 nitrogen and oxygen atoms in total. The van der Waals surface area contributed by atoms with Crippen molar-refractivity contribution in [2.24, 2.45) is 0 Å². The number of thioether (sulfide) groups is 1. The highest BCUT2D eigenvalue weighted by atomic mass is 32.2. The van der Waals surface area contributed by atoms with Crippen LogP contribution in [0.25, 0.3) is 0 Å². The van der Waals surface area contributed by atoms with E-state index in [0.717, 1.165) is 12.0 Å². The molecule has 0 atom stereocenters. The fourth-order valence-corrected chi connectivity index (χ4v) is 2.80. The number of methoxy groups -OCH3 is 1. The second kappa shape index (κ2) is 7.12. The van der Waals surface area contributed by atoms with Gasteiger partial charge in [-0.1, -0.05) is 30.8 Å². The van der Waals surface area contributed by atoms with Gasteiger partial charge in [-0.25, -0.2) is 14.7 Å². The molecule has 0 radical (unpaired) electrons. The summed E-state index contributed by atoms with van der Waals surface area (Å²) in [6.45, 7) is 2.65. The molecule has 0 aliphatic heterocycles. The van der Waals surface area contributed by atoms with E-state index < -0.39 is 0 Å². The van der Waals surface area contributed by atoms with E-state index in [9.17, 15) is 9.59 Å². The van der Waals surface area contributed by atoms with E-state index in [1.165, 1.54) is 18.9 Å². The number of nitrogens with zero attached hydrogens (tertiary/aromatic N) is 2. The minimum atomic E-state index is -0.357. The summed E-state index contributed by atoms with van der Waals surface area (Å²) in [6, 6.07) is 7.23. The molecule has 0 amide bonds. The van der Waals surface area contributed by atoms with E-state index in [1.54, 1.807) is 16.7 Å². The van der Waals surface area contributed by atoms with Gasteiger partial charge in [0.05, 0.1) is 12.7 Å². The Morgan fingerprint density at radius 2 is 2.29 bits per heavy atom. The van der Waals surface area contributed by atoms with Crippen molar-refractivity contribution < 1.29 is 9.53 Å². The Balaban J connectivity index is 2.10. The van der Waals surface area contributed by atoms with E-state index in [1.807, 2.05) is 19.1 Å². The monoisotopic (exact) mass is 307 g/mol. The number of hydrogen-bond donors (Lipinski definition) is 1. The normalized spacial score (nSPS) is 10.6. The molecule has 2 rings (SSSR count). The third-order valence-corrected chi connectivity index (χ3v) is 3.93. The molecule has 2 aromatic rings. The van der Waals surface area contributed by atoms with E-state index in [-0.39, 0.29) is 11.7 Å². The SMILES string of the molecule is CCCn1c(SCc2cccc(C(=O)OC)c2)n[nH]c1=O. The van der Waals surface area contributed by atoms with Crippen LogP contribution in [0, 0.1) is 0 Å². The molecule has 0 spiro atoms.